The largest absolute Gasteiger partial charge is 0.399 e. The molecule has 6 N–H and O–H groups in total. The lowest BCUT2D eigenvalue weighted by Gasteiger charge is -2.20. The Labute approximate surface area is 110 Å². The van der Waals surface area contributed by atoms with Crippen LogP contribution in [0.3, 0.4) is 0 Å². The zero-order chi connectivity index (χ0) is 14.6. The molecule has 3 amide bonds. The molecule has 7 heteroatoms. The van der Waals surface area contributed by atoms with Crippen molar-refractivity contribution in [2.45, 2.75) is 6.92 Å². The highest BCUT2D eigenvalue weighted by atomic mass is 16.2. The number of aryl methyl sites for hydroxylation is 1. The minimum atomic E-state index is -0.726. The van der Waals surface area contributed by atoms with Crippen LogP contribution in [0, 0.1) is 6.92 Å². The Kier molecular flexibility index (Phi) is 4.46. The number of nitrogens with two attached hydrogens (primary N) is 3. The highest BCUT2D eigenvalue weighted by Gasteiger charge is 2.21. The molecule has 0 unspecified atom stereocenters. The van der Waals surface area contributed by atoms with Crippen LogP contribution in [0.1, 0.15) is 15.9 Å². The predicted molar refractivity (Wildman–Crippen MR) is 69.9 cm³/mol. The van der Waals surface area contributed by atoms with E-state index in [-0.39, 0.29) is 13.1 Å². The van der Waals surface area contributed by atoms with Crippen molar-refractivity contribution in [3.05, 3.63) is 29.3 Å². The third kappa shape index (κ3) is 3.98. The van der Waals surface area contributed by atoms with Crippen molar-refractivity contribution in [2.75, 3.05) is 18.8 Å². The van der Waals surface area contributed by atoms with Gasteiger partial charge in [-0.15, -0.1) is 0 Å². The van der Waals surface area contributed by atoms with E-state index in [1.807, 2.05) is 0 Å². The van der Waals surface area contributed by atoms with E-state index in [0.29, 0.717) is 16.8 Å². The summed E-state index contributed by atoms with van der Waals surface area (Å²) in [6, 6.07) is 4.81. The van der Waals surface area contributed by atoms with Crippen LogP contribution in [0.15, 0.2) is 18.2 Å². The molecule has 0 spiro atoms. The summed E-state index contributed by atoms with van der Waals surface area (Å²) in [6.07, 6.45) is 0. The summed E-state index contributed by atoms with van der Waals surface area (Å²) in [5.74, 6) is -1.96. The summed E-state index contributed by atoms with van der Waals surface area (Å²) in [5, 5.41) is 0. The number of nitrogens with zero attached hydrogens (tertiary/aromatic N) is 1. The van der Waals surface area contributed by atoms with Crippen LogP contribution in [0.2, 0.25) is 0 Å². The zero-order valence-electron chi connectivity index (χ0n) is 10.6. The van der Waals surface area contributed by atoms with E-state index in [0.717, 1.165) is 4.90 Å². The van der Waals surface area contributed by atoms with Gasteiger partial charge >= 0.3 is 0 Å². The summed E-state index contributed by atoms with van der Waals surface area (Å²) >= 11 is 0. The number of carbonyl (C=O) groups is 3. The molecule has 0 aliphatic carbocycles. The topological polar surface area (TPSA) is 133 Å². The van der Waals surface area contributed by atoms with Crippen molar-refractivity contribution in [3.63, 3.8) is 0 Å². The van der Waals surface area contributed by atoms with Gasteiger partial charge in [0.05, 0.1) is 0 Å². The fourth-order valence-corrected chi connectivity index (χ4v) is 1.62. The van der Waals surface area contributed by atoms with E-state index in [1.165, 1.54) is 6.07 Å². The third-order valence-electron chi connectivity index (χ3n) is 2.47. The summed E-state index contributed by atoms with van der Waals surface area (Å²) < 4.78 is 0. The van der Waals surface area contributed by atoms with Crippen LogP contribution in [-0.2, 0) is 9.59 Å². The molecule has 1 aromatic rings. The normalized spacial score (nSPS) is 9.95. The molecule has 0 aromatic heterocycles. The molecular weight excluding hydrogens is 248 g/mol. The number of hydrogen-bond donors (Lipinski definition) is 3. The molecule has 0 fully saturated rings. The van der Waals surface area contributed by atoms with E-state index in [2.05, 4.69) is 0 Å². The first-order chi connectivity index (χ1) is 8.81. The van der Waals surface area contributed by atoms with Crippen molar-refractivity contribution >= 4 is 23.4 Å². The van der Waals surface area contributed by atoms with Gasteiger partial charge in [-0.25, -0.2) is 0 Å². The third-order valence-corrected chi connectivity index (χ3v) is 2.47. The molecule has 0 heterocycles. The Balaban J connectivity index is 3.07. The smallest absolute Gasteiger partial charge is 0.255 e. The van der Waals surface area contributed by atoms with Gasteiger partial charge in [0.25, 0.3) is 5.91 Å². The number of amides is 3. The predicted octanol–water partition coefficient (Wildman–Crippen LogP) is -1.01. The Morgan fingerprint density at radius 1 is 1.11 bits per heavy atom. The van der Waals surface area contributed by atoms with Crippen LogP contribution in [0.25, 0.3) is 0 Å². The van der Waals surface area contributed by atoms with E-state index in [4.69, 9.17) is 17.2 Å². The fourth-order valence-electron chi connectivity index (χ4n) is 1.62. The molecular formula is C12H16N4O3. The molecule has 0 saturated heterocycles. The molecule has 1 rings (SSSR count). The molecule has 7 nitrogen and oxygen atoms in total. The van der Waals surface area contributed by atoms with Crippen LogP contribution in [-0.4, -0.2) is 35.7 Å². The van der Waals surface area contributed by atoms with Crippen LogP contribution in [0.4, 0.5) is 5.69 Å². The number of primary amides is 2. The van der Waals surface area contributed by atoms with Gasteiger partial charge in [-0.1, -0.05) is 6.07 Å². The summed E-state index contributed by atoms with van der Waals surface area (Å²) in [7, 11) is 0. The first kappa shape index (κ1) is 14.5. The second-order valence-corrected chi connectivity index (χ2v) is 4.17. The molecule has 0 aliphatic heterocycles. The zero-order valence-corrected chi connectivity index (χ0v) is 10.6. The van der Waals surface area contributed by atoms with Gasteiger partial charge in [-0.2, -0.15) is 0 Å². The summed E-state index contributed by atoms with van der Waals surface area (Å²) in [6.45, 7) is 0.964. The first-order valence-electron chi connectivity index (χ1n) is 5.53. The molecule has 19 heavy (non-hydrogen) atoms. The molecule has 1 aromatic carbocycles. The molecule has 0 bridgehead atoms. The van der Waals surface area contributed by atoms with Crippen LogP contribution in [0.5, 0.6) is 0 Å². The van der Waals surface area contributed by atoms with Gasteiger partial charge in [0.15, 0.2) is 0 Å². The standard InChI is InChI=1S/C12H16N4O3/c1-7-2-3-8(13)4-9(7)12(19)16(5-10(14)17)6-11(15)18/h2-4H,5-6,13H2,1H3,(H2,14,17)(H2,15,18). The van der Waals surface area contributed by atoms with E-state index in [1.54, 1.807) is 19.1 Å². The molecule has 102 valence electrons. The van der Waals surface area contributed by atoms with Crippen LogP contribution >= 0.6 is 0 Å². The molecule has 0 radical (unpaired) electrons. The van der Waals surface area contributed by atoms with Crippen molar-refractivity contribution in [2.24, 2.45) is 11.5 Å². The van der Waals surface area contributed by atoms with Gasteiger partial charge in [-0.3, -0.25) is 14.4 Å². The number of carbonyl (C=O) groups excluding carboxylic acids is 3. The van der Waals surface area contributed by atoms with Gasteiger partial charge in [0, 0.05) is 11.3 Å². The maximum Gasteiger partial charge on any atom is 0.255 e. The first-order valence-corrected chi connectivity index (χ1v) is 5.53. The number of nitrogen functional groups attached to an aromatic ring is 1. The number of rotatable bonds is 5. The molecule has 0 aliphatic rings. The van der Waals surface area contributed by atoms with Crippen molar-refractivity contribution < 1.29 is 14.4 Å². The lowest BCUT2D eigenvalue weighted by molar-refractivity contribution is -0.121. The highest BCUT2D eigenvalue weighted by Crippen LogP contribution is 2.15. The summed E-state index contributed by atoms with van der Waals surface area (Å²) in [5.41, 5.74) is 17.1. The Bertz CT molecular complexity index is 512. The van der Waals surface area contributed by atoms with E-state index < -0.39 is 17.7 Å². The van der Waals surface area contributed by atoms with E-state index in [9.17, 15) is 14.4 Å². The van der Waals surface area contributed by atoms with Gasteiger partial charge < -0.3 is 22.1 Å². The fraction of sp³-hybridized carbons (Fsp3) is 0.250. The summed E-state index contributed by atoms with van der Waals surface area (Å²) in [4.78, 5) is 35.1. The second-order valence-electron chi connectivity index (χ2n) is 4.17. The highest BCUT2D eigenvalue weighted by molar-refractivity contribution is 6.00. The van der Waals surface area contributed by atoms with Crippen molar-refractivity contribution in [1.82, 2.24) is 4.90 Å². The van der Waals surface area contributed by atoms with Gasteiger partial charge in [0.1, 0.15) is 13.1 Å². The minimum absolute atomic E-state index is 0.308. The van der Waals surface area contributed by atoms with Crippen molar-refractivity contribution in [3.8, 4) is 0 Å². The maximum absolute atomic E-state index is 12.2. The van der Waals surface area contributed by atoms with E-state index >= 15 is 0 Å². The number of hydrogen-bond acceptors (Lipinski definition) is 4. The van der Waals surface area contributed by atoms with Crippen molar-refractivity contribution in [1.29, 1.82) is 0 Å². The molecule has 0 saturated carbocycles. The average Bonchev–Trinajstić information content (AvgIpc) is 2.29. The Hall–Kier alpha value is -2.57. The minimum Gasteiger partial charge on any atom is -0.399 e. The monoisotopic (exact) mass is 264 g/mol. The maximum atomic E-state index is 12.2. The lowest BCUT2D eigenvalue weighted by Crippen LogP contribution is -2.43. The number of anilines is 1. The van der Waals surface area contributed by atoms with Gasteiger partial charge in [-0.05, 0) is 24.6 Å². The quantitative estimate of drug-likeness (QED) is 0.587. The Morgan fingerprint density at radius 2 is 1.63 bits per heavy atom. The Morgan fingerprint density at radius 3 is 2.11 bits per heavy atom. The number of benzene rings is 1. The average molecular weight is 264 g/mol. The van der Waals surface area contributed by atoms with Gasteiger partial charge in [0.2, 0.25) is 11.8 Å². The van der Waals surface area contributed by atoms with Crippen LogP contribution < -0.4 is 17.2 Å². The lowest BCUT2D eigenvalue weighted by atomic mass is 10.1. The second kappa shape index (κ2) is 5.85. The molecule has 0 atom stereocenters. The SMILES string of the molecule is Cc1ccc(N)cc1C(=O)N(CC(N)=O)CC(N)=O.